The Labute approximate surface area is 103 Å². The van der Waals surface area contributed by atoms with Gasteiger partial charge in [-0.15, -0.1) is 0 Å². The molecule has 1 unspecified atom stereocenters. The third-order valence-electron chi connectivity index (χ3n) is 2.58. The van der Waals surface area contributed by atoms with E-state index < -0.39 is 35.7 Å². The number of nitrogens with one attached hydrogen (secondary N) is 1. The van der Waals surface area contributed by atoms with E-state index in [2.05, 4.69) is 5.32 Å². The predicted octanol–water partition coefficient (Wildman–Crippen LogP) is 1.28. The lowest BCUT2D eigenvalue weighted by molar-refractivity contribution is -0.131. The van der Waals surface area contributed by atoms with Gasteiger partial charge in [-0.2, -0.15) is 0 Å². The van der Waals surface area contributed by atoms with E-state index in [0.717, 1.165) is 18.2 Å². The number of carbonyl (C=O) groups is 1. The number of anilines is 1. The smallest absolute Gasteiger partial charge is 0.253 e. The van der Waals surface area contributed by atoms with Crippen LogP contribution in [0.1, 0.15) is 13.8 Å². The van der Waals surface area contributed by atoms with Gasteiger partial charge in [0.25, 0.3) is 5.91 Å². The van der Waals surface area contributed by atoms with E-state index in [9.17, 15) is 18.7 Å². The molecule has 0 radical (unpaired) electrons. The van der Waals surface area contributed by atoms with Gasteiger partial charge in [-0.05, 0) is 12.1 Å². The summed E-state index contributed by atoms with van der Waals surface area (Å²) in [5.41, 5.74) is -1.43. The molecule has 0 spiro atoms. The zero-order valence-corrected chi connectivity index (χ0v) is 10.1. The quantitative estimate of drug-likeness (QED) is 0.763. The van der Waals surface area contributed by atoms with Gasteiger partial charge in [0.2, 0.25) is 0 Å². The van der Waals surface area contributed by atoms with E-state index in [0.29, 0.717) is 0 Å². The van der Waals surface area contributed by atoms with Gasteiger partial charge < -0.3 is 15.5 Å². The molecule has 0 aliphatic carbocycles. The summed E-state index contributed by atoms with van der Waals surface area (Å²) < 4.78 is 26.1. The largest absolute Gasteiger partial charge is 0.396 e. The molecule has 6 heteroatoms. The first-order valence-corrected chi connectivity index (χ1v) is 5.33. The van der Waals surface area contributed by atoms with E-state index in [-0.39, 0.29) is 5.69 Å². The van der Waals surface area contributed by atoms with Crippen LogP contribution in [0.3, 0.4) is 0 Å². The maximum Gasteiger partial charge on any atom is 0.253 e. The highest BCUT2D eigenvalue weighted by atomic mass is 19.1. The minimum absolute atomic E-state index is 0.354. The second kappa shape index (κ2) is 5.41. The standard InChI is InChI=1S/C12H15F2NO3/c1-12(2,6-16)10(17)11(18)15-9-5-7(13)3-4-8(9)14/h3-5,10,16-17H,6H2,1-2H3,(H,15,18). The average molecular weight is 259 g/mol. The summed E-state index contributed by atoms with van der Waals surface area (Å²) in [6, 6.07) is 2.60. The Hall–Kier alpha value is -1.53. The van der Waals surface area contributed by atoms with E-state index in [4.69, 9.17) is 5.11 Å². The van der Waals surface area contributed by atoms with Crippen LogP contribution in [-0.2, 0) is 4.79 Å². The molecule has 1 rings (SSSR count). The molecule has 0 aliphatic rings. The monoisotopic (exact) mass is 259 g/mol. The van der Waals surface area contributed by atoms with Crippen molar-refractivity contribution in [3.63, 3.8) is 0 Å². The summed E-state index contributed by atoms with van der Waals surface area (Å²) in [5.74, 6) is -2.42. The van der Waals surface area contributed by atoms with Gasteiger partial charge in [0, 0.05) is 11.5 Å². The highest BCUT2D eigenvalue weighted by Crippen LogP contribution is 2.22. The Kier molecular flexibility index (Phi) is 4.37. The summed E-state index contributed by atoms with van der Waals surface area (Å²) in [6.07, 6.45) is -1.54. The van der Waals surface area contributed by atoms with E-state index in [1.165, 1.54) is 13.8 Å². The van der Waals surface area contributed by atoms with Crippen molar-refractivity contribution in [2.75, 3.05) is 11.9 Å². The number of amides is 1. The van der Waals surface area contributed by atoms with E-state index in [1.54, 1.807) is 0 Å². The molecule has 0 aliphatic heterocycles. The van der Waals surface area contributed by atoms with Gasteiger partial charge in [-0.3, -0.25) is 4.79 Å². The molecule has 0 aromatic heterocycles. The first-order valence-electron chi connectivity index (χ1n) is 5.33. The Bertz CT molecular complexity index is 449. The van der Waals surface area contributed by atoms with E-state index in [1.807, 2.05) is 0 Å². The van der Waals surface area contributed by atoms with Crippen LogP contribution in [0.4, 0.5) is 14.5 Å². The molecule has 100 valence electrons. The van der Waals surface area contributed by atoms with Crippen molar-refractivity contribution < 1.29 is 23.8 Å². The lowest BCUT2D eigenvalue weighted by atomic mass is 9.87. The minimum atomic E-state index is -1.54. The first-order chi connectivity index (χ1) is 8.27. The number of aliphatic hydroxyl groups excluding tert-OH is 2. The van der Waals surface area contributed by atoms with E-state index >= 15 is 0 Å². The van der Waals surface area contributed by atoms with Crippen molar-refractivity contribution in [1.29, 1.82) is 0 Å². The Morgan fingerprint density at radius 3 is 2.61 bits per heavy atom. The van der Waals surface area contributed by atoms with Gasteiger partial charge >= 0.3 is 0 Å². The highest BCUT2D eigenvalue weighted by molar-refractivity contribution is 5.94. The van der Waals surface area contributed by atoms with Crippen LogP contribution < -0.4 is 5.32 Å². The molecule has 1 aromatic rings. The topological polar surface area (TPSA) is 69.6 Å². The summed E-state index contributed by atoms with van der Waals surface area (Å²) in [7, 11) is 0. The fraction of sp³-hybridized carbons (Fsp3) is 0.417. The van der Waals surface area contributed by atoms with Crippen molar-refractivity contribution in [1.82, 2.24) is 0 Å². The van der Waals surface area contributed by atoms with Crippen LogP contribution in [0.15, 0.2) is 18.2 Å². The second-order valence-electron chi connectivity index (χ2n) is 4.66. The van der Waals surface area contributed by atoms with Gasteiger partial charge in [-0.1, -0.05) is 13.8 Å². The molecule has 1 aromatic carbocycles. The van der Waals surface area contributed by atoms with Crippen LogP contribution in [0.25, 0.3) is 0 Å². The number of halogens is 2. The molecule has 1 atom stereocenters. The van der Waals surface area contributed by atoms with Crippen LogP contribution in [0, 0.1) is 17.0 Å². The van der Waals surface area contributed by atoms with Crippen molar-refractivity contribution in [2.24, 2.45) is 5.41 Å². The maximum absolute atomic E-state index is 13.3. The second-order valence-corrected chi connectivity index (χ2v) is 4.66. The molecule has 0 saturated carbocycles. The molecule has 4 nitrogen and oxygen atoms in total. The zero-order valence-electron chi connectivity index (χ0n) is 10.1. The molecule has 0 fully saturated rings. The Balaban J connectivity index is 2.85. The summed E-state index contributed by atoms with van der Waals surface area (Å²) in [4.78, 5) is 11.6. The number of carbonyl (C=O) groups excluding carboxylic acids is 1. The lowest BCUT2D eigenvalue weighted by Crippen LogP contribution is -2.42. The van der Waals surface area contributed by atoms with Gasteiger partial charge in [0.15, 0.2) is 0 Å². The van der Waals surface area contributed by atoms with Gasteiger partial charge in [-0.25, -0.2) is 8.78 Å². The fourth-order valence-corrected chi connectivity index (χ4v) is 1.24. The Morgan fingerprint density at radius 1 is 1.44 bits per heavy atom. The van der Waals surface area contributed by atoms with Crippen molar-refractivity contribution >= 4 is 11.6 Å². The fourth-order valence-electron chi connectivity index (χ4n) is 1.24. The normalized spacial score (nSPS) is 13.2. The first kappa shape index (κ1) is 14.5. The van der Waals surface area contributed by atoms with Crippen molar-refractivity contribution in [2.45, 2.75) is 20.0 Å². The predicted molar refractivity (Wildman–Crippen MR) is 61.9 cm³/mol. The Morgan fingerprint density at radius 2 is 2.06 bits per heavy atom. The summed E-state index contributed by atoms with van der Waals surface area (Å²) >= 11 is 0. The molecular formula is C12H15F2NO3. The van der Waals surface area contributed by atoms with Crippen molar-refractivity contribution in [3.8, 4) is 0 Å². The number of rotatable bonds is 4. The average Bonchev–Trinajstić information content (AvgIpc) is 2.32. The third-order valence-corrected chi connectivity index (χ3v) is 2.58. The number of hydrogen-bond donors (Lipinski definition) is 3. The number of aliphatic hydroxyl groups is 2. The van der Waals surface area contributed by atoms with Crippen molar-refractivity contribution in [3.05, 3.63) is 29.8 Å². The zero-order chi connectivity index (χ0) is 13.9. The summed E-state index contributed by atoms with van der Waals surface area (Å²) in [5, 5.41) is 20.8. The maximum atomic E-state index is 13.3. The third kappa shape index (κ3) is 3.24. The lowest BCUT2D eigenvalue weighted by Gasteiger charge is -2.27. The van der Waals surface area contributed by atoms with Crippen LogP contribution in [-0.4, -0.2) is 28.8 Å². The van der Waals surface area contributed by atoms with Gasteiger partial charge in [0.1, 0.15) is 17.7 Å². The molecule has 0 saturated heterocycles. The molecule has 18 heavy (non-hydrogen) atoms. The van der Waals surface area contributed by atoms with Gasteiger partial charge in [0.05, 0.1) is 12.3 Å². The molecular weight excluding hydrogens is 244 g/mol. The number of hydrogen-bond acceptors (Lipinski definition) is 3. The molecule has 0 bridgehead atoms. The molecule has 1 amide bonds. The minimum Gasteiger partial charge on any atom is -0.396 e. The highest BCUT2D eigenvalue weighted by Gasteiger charge is 2.33. The van der Waals surface area contributed by atoms with Crippen LogP contribution in [0.2, 0.25) is 0 Å². The summed E-state index contributed by atoms with van der Waals surface area (Å²) in [6.45, 7) is 2.52. The van der Waals surface area contributed by atoms with Crippen LogP contribution >= 0.6 is 0 Å². The van der Waals surface area contributed by atoms with Crippen LogP contribution in [0.5, 0.6) is 0 Å². The molecule has 3 N–H and O–H groups in total. The SMILES string of the molecule is CC(C)(CO)C(O)C(=O)Nc1cc(F)ccc1F. The molecule has 0 heterocycles. The number of benzene rings is 1.